The van der Waals surface area contributed by atoms with E-state index in [1.54, 1.807) is 4.68 Å². The van der Waals surface area contributed by atoms with Gasteiger partial charge in [0.2, 0.25) is 5.13 Å². The molecule has 10 heteroatoms. The van der Waals surface area contributed by atoms with Crippen molar-refractivity contribution in [1.29, 1.82) is 5.26 Å². The highest BCUT2D eigenvalue weighted by Crippen LogP contribution is 2.39. The molecule has 0 saturated carbocycles. The first-order valence-electron chi connectivity index (χ1n) is 15.7. The van der Waals surface area contributed by atoms with Crippen LogP contribution in [-0.2, 0) is 5.41 Å². The molecule has 0 aliphatic heterocycles. The lowest BCUT2D eigenvalue weighted by Crippen LogP contribution is -2.14. The molecule has 0 spiro atoms. The lowest BCUT2D eigenvalue weighted by atomic mass is 9.90. The molecule has 5 aromatic rings. The number of hydrogen-bond acceptors (Lipinski definition) is 9. The molecule has 0 fully saturated rings. The number of nitriles is 1. The average Bonchev–Trinajstić information content (AvgIpc) is 3.51. The van der Waals surface area contributed by atoms with E-state index < -0.39 is 5.41 Å². The van der Waals surface area contributed by atoms with E-state index in [-0.39, 0.29) is 0 Å². The van der Waals surface area contributed by atoms with Crippen molar-refractivity contribution in [3.05, 3.63) is 91.1 Å². The van der Waals surface area contributed by atoms with Crippen molar-refractivity contribution < 1.29 is 0 Å². The molecule has 0 aliphatic rings. The number of nitrogens with one attached hydrogen (secondary N) is 2. The van der Waals surface area contributed by atoms with Crippen LogP contribution in [0.4, 0.5) is 34.5 Å². The predicted octanol–water partition coefficient (Wildman–Crippen LogP) is 10.6. The third-order valence-corrected chi connectivity index (χ3v) is 9.21. The Morgan fingerprint density at radius 3 is 1.79 bits per heavy atom. The van der Waals surface area contributed by atoms with Crippen molar-refractivity contribution >= 4 is 45.9 Å². The lowest BCUT2D eigenvalue weighted by Gasteiger charge is -2.18. The molecule has 47 heavy (non-hydrogen) atoms. The summed E-state index contributed by atoms with van der Waals surface area (Å²) in [6, 6.07) is 13.0. The van der Waals surface area contributed by atoms with Crippen LogP contribution in [0.5, 0.6) is 0 Å². The topological polar surface area (TPSA) is 116 Å². The van der Waals surface area contributed by atoms with Crippen LogP contribution in [0.3, 0.4) is 0 Å². The van der Waals surface area contributed by atoms with Gasteiger partial charge in [-0.15, -0.1) is 10.2 Å². The lowest BCUT2D eigenvalue weighted by molar-refractivity contribution is 0.559. The summed E-state index contributed by atoms with van der Waals surface area (Å²) >= 11 is 1.51. The first-order valence-corrected chi connectivity index (χ1v) is 16.5. The Morgan fingerprint density at radius 1 is 0.745 bits per heavy atom. The Balaban J connectivity index is 1.69. The van der Waals surface area contributed by atoms with Crippen LogP contribution in [0.2, 0.25) is 0 Å². The summed E-state index contributed by atoms with van der Waals surface area (Å²) in [6.45, 7) is 24.6. The van der Waals surface area contributed by atoms with E-state index in [9.17, 15) is 5.26 Å². The van der Waals surface area contributed by atoms with Crippen LogP contribution >= 0.6 is 11.3 Å². The zero-order chi connectivity index (χ0) is 34.4. The maximum atomic E-state index is 10.4. The monoisotopic (exact) mass is 645 g/mol. The van der Waals surface area contributed by atoms with Crippen molar-refractivity contribution in [3.8, 4) is 11.2 Å². The van der Waals surface area contributed by atoms with Crippen LogP contribution < -0.4 is 10.6 Å². The minimum atomic E-state index is -0.397. The third kappa shape index (κ3) is 6.81. The van der Waals surface area contributed by atoms with E-state index in [1.165, 1.54) is 22.5 Å². The van der Waals surface area contributed by atoms with Gasteiger partial charge in [0, 0.05) is 21.7 Å². The Labute approximate surface area is 281 Å². The van der Waals surface area contributed by atoms with E-state index >= 15 is 0 Å². The standard InChI is InChI=1S/C37H43N9S/c1-19-13-21(3)30(22(4)14-19)40-29-17-25(7)32(34(41-29)42-31-23(5)15-20(2)16-24(31)6)43-44-35-28(18-38)33(37(10,11)12)45-46(35)36-39-26(8)27(9)47-36/h13-17H,1-12H3,(H2,40,41,42). The molecule has 2 aromatic carbocycles. The fraction of sp³-hybridized carbons (Fsp3) is 0.351. The Bertz CT molecular complexity index is 2020. The zero-order valence-corrected chi connectivity index (χ0v) is 30.2. The van der Waals surface area contributed by atoms with Gasteiger partial charge in [-0.25, -0.2) is 9.97 Å². The molecular weight excluding hydrogens is 603 g/mol. The maximum Gasteiger partial charge on any atom is 0.212 e. The summed E-state index contributed by atoms with van der Waals surface area (Å²) in [4.78, 5) is 10.9. The van der Waals surface area contributed by atoms with E-state index in [4.69, 9.17) is 25.3 Å². The molecule has 9 nitrogen and oxygen atoms in total. The van der Waals surface area contributed by atoms with E-state index in [2.05, 4.69) is 82.5 Å². The normalized spacial score (nSPS) is 11.7. The first kappa shape index (κ1) is 33.5. The van der Waals surface area contributed by atoms with Gasteiger partial charge in [-0.3, -0.25) is 0 Å². The van der Waals surface area contributed by atoms with Crippen LogP contribution in [0.25, 0.3) is 5.13 Å². The molecule has 0 saturated heterocycles. The highest BCUT2D eigenvalue weighted by molar-refractivity contribution is 7.14. The predicted molar refractivity (Wildman–Crippen MR) is 193 cm³/mol. The highest BCUT2D eigenvalue weighted by atomic mass is 32.1. The Morgan fingerprint density at radius 2 is 1.30 bits per heavy atom. The van der Waals surface area contributed by atoms with Crippen molar-refractivity contribution in [2.24, 2.45) is 10.2 Å². The number of aromatic nitrogens is 4. The summed E-state index contributed by atoms with van der Waals surface area (Å²) < 4.78 is 1.65. The van der Waals surface area contributed by atoms with Gasteiger partial charge in [0.05, 0.1) is 11.4 Å². The SMILES string of the molecule is Cc1cc(C)c(Nc2cc(C)c(N=Nc3c(C#N)c(C(C)(C)C)nn3-c3nc(C)c(C)s3)c(Nc3c(C)cc(C)cc3C)n2)c(C)c1. The van der Waals surface area contributed by atoms with Gasteiger partial charge in [0.25, 0.3) is 0 Å². The van der Waals surface area contributed by atoms with Gasteiger partial charge in [-0.1, -0.05) is 67.5 Å². The van der Waals surface area contributed by atoms with Crippen LogP contribution in [0, 0.1) is 73.6 Å². The minimum absolute atomic E-state index is 0.340. The molecule has 0 aliphatic carbocycles. The first-order chi connectivity index (χ1) is 22.1. The second-order valence-electron chi connectivity index (χ2n) is 13.5. The van der Waals surface area contributed by atoms with Gasteiger partial charge in [0.15, 0.2) is 11.6 Å². The summed E-state index contributed by atoms with van der Waals surface area (Å²) in [7, 11) is 0. The molecule has 0 amide bonds. The molecule has 0 unspecified atom stereocenters. The van der Waals surface area contributed by atoms with Gasteiger partial charge in [-0.05, 0) is 96.2 Å². The summed E-state index contributed by atoms with van der Waals surface area (Å²) in [6.07, 6.45) is 0. The molecule has 2 N–H and O–H groups in total. The average molecular weight is 646 g/mol. The molecule has 0 atom stereocenters. The number of hydrogen-bond donors (Lipinski definition) is 2. The Kier molecular flexibility index (Phi) is 9.07. The van der Waals surface area contributed by atoms with E-state index in [0.29, 0.717) is 39.5 Å². The molecule has 0 radical (unpaired) electrons. The van der Waals surface area contributed by atoms with Gasteiger partial charge >= 0.3 is 0 Å². The number of azo groups is 1. The fourth-order valence-electron chi connectivity index (χ4n) is 5.85. The molecule has 3 aromatic heterocycles. The van der Waals surface area contributed by atoms with E-state index in [0.717, 1.165) is 49.8 Å². The van der Waals surface area contributed by atoms with Gasteiger partial charge < -0.3 is 10.6 Å². The number of rotatable bonds is 7. The second-order valence-corrected chi connectivity index (χ2v) is 14.7. The number of pyridine rings is 1. The van der Waals surface area contributed by atoms with Crippen molar-refractivity contribution in [2.45, 2.75) is 88.5 Å². The molecule has 242 valence electrons. The fourth-order valence-corrected chi connectivity index (χ4v) is 6.71. The number of aryl methyl sites for hydroxylation is 9. The number of thiazole rings is 1. The molecule has 5 rings (SSSR count). The summed E-state index contributed by atoms with van der Waals surface area (Å²) in [5, 5.41) is 32.6. The van der Waals surface area contributed by atoms with E-state index in [1.807, 2.05) is 47.6 Å². The van der Waals surface area contributed by atoms with Crippen molar-refractivity contribution in [2.75, 3.05) is 10.6 Å². The number of benzene rings is 2. The molecule has 0 bridgehead atoms. The van der Waals surface area contributed by atoms with Gasteiger partial charge in [-0.2, -0.15) is 15.0 Å². The van der Waals surface area contributed by atoms with Crippen molar-refractivity contribution in [3.63, 3.8) is 0 Å². The Hall–Kier alpha value is -4.88. The van der Waals surface area contributed by atoms with Crippen LogP contribution in [0.15, 0.2) is 40.6 Å². The second kappa shape index (κ2) is 12.7. The van der Waals surface area contributed by atoms with Crippen LogP contribution in [0.1, 0.15) is 81.5 Å². The number of nitrogens with zero attached hydrogens (tertiary/aromatic N) is 7. The third-order valence-electron chi connectivity index (χ3n) is 8.16. The highest BCUT2D eigenvalue weighted by Gasteiger charge is 2.29. The van der Waals surface area contributed by atoms with Crippen LogP contribution in [-0.4, -0.2) is 19.7 Å². The maximum absolute atomic E-state index is 10.4. The minimum Gasteiger partial charge on any atom is -0.340 e. The smallest absolute Gasteiger partial charge is 0.212 e. The van der Waals surface area contributed by atoms with Gasteiger partial charge in [0.1, 0.15) is 23.1 Å². The van der Waals surface area contributed by atoms with Crippen molar-refractivity contribution in [1.82, 2.24) is 19.7 Å². The summed E-state index contributed by atoms with van der Waals surface area (Å²) in [5.74, 6) is 1.58. The summed E-state index contributed by atoms with van der Waals surface area (Å²) in [5.41, 5.74) is 11.8. The molecule has 3 heterocycles. The molecular formula is C37H43N9S. The number of anilines is 4. The zero-order valence-electron chi connectivity index (χ0n) is 29.4. The quantitative estimate of drug-likeness (QED) is 0.170. The largest absolute Gasteiger partial charge is 0.340 e.